The number of ether oxygens (including phenoxy) is 2. The highest BCUT2D eigenvalue weighted by Crippen LogP contribution is 2.17. The van der Waals surface area contributed by atoms with Gasteiger partial charge in [0.05, 0.1) is 13.2 Å². The van der Waals surface area contributed by atoms with E-state index in [2.05, 4.69) is 66.3 Å². The zero-order chi connectivity index (χ0) is 21.9. The van der Waals surface area contributed by atoms with Crippen LogP contribution < -0.4 is 0 Å². The van der Waals surface area contributed by atoms with Gasteiger partial charge in [0.1, 0.15) is 0 Å². The van der Waals surface area contributed by atoms with Crippen molar-refractivity contribution in [3.05, 3.63) is 47.1 Å². The van der Waals surface area contributed by atoms with E-state index in [1.165, 1.54) is 23.1 Å². The third-order valence-electron chi connectivity index (χ3n) is 4.95. The second-order valence-corrected chi connectivity index (χ2v) is 8.44. The summed E-state index contributed by atoms with van der Waals surface area (Å²) in [7, 11) is 0. The third kappa shape index (κ3) is 17.4. The molecule has 0 amide bonds. The van der Waals surface area contributed by atoms with Gasteiger partial charge in [0, 0.05) is 0 Å². The van der Waals surface area contributed by atoms with E-state index >= 15 is 0 Å². The summed E-state index contributed by atoms with van der Waals surface area (Å²) >= 11 is 0. The predicted molar refractivity (Wildman–Crippen MR) is 129 cm³/mol. The van der Waals surface area contributed by atoms with Gasteiger partial charge >= 0.3 is 0 Å². The average Bonchev–Trinajstić information content (AvgIpc) is 2.66. The van der Waals surface area contributed by atoms with Gasteiger partial charge < -0.3 is 9.47 Å². The van der Waals surface area contributed by atoms with Crippen LogP contribution in [0.5, 0.6) is 0 Å². The Morgan fingerprint density at radius 1 is 0.724 bits per heavy atom. The van der Waals surface area contributed by atoms with Crippen molar-refractivity contribution in [3.63, 3.8) is 0 Å². The van der Waals surface area contributed by atoms with Crippen LogP contribution >= 0.6 is 0 Å². The molecule has 0 rings (SSSR count). The van der Waals surface area contributed by atoms with Crippen LogP contribution in [0.2, 0.25) is 0 Å². The van der Waals surface area contributed by atoms with Gasteiger partial charge in [-0.15, -0.1) is 0 Å². The molecule has 0 aromatic carbocycles. The average molecular weight is 405 g/mol. The van der Waals surface area contributed by atoms with E-state index in [0.29, 0.717) is 0 Å². The molecule has 168 valence electrons. The first kappa shape index (κ1) is 27.9. The normalized spacial score (nSPS) is 12.5. The van der Waals surface area contributed by atoms with E-state index in [-0.39, 0.29) is 6.29 Å². The van der Waals surface area contributed by atoms with Gasteiger partial charge in [-0.25, -0.2) is 0 Å². The fraction of sp³-hybridized carbons (Fsp3) is 0.704. The molecule has 0 fully saturated rings. The Balaban J connectivity index is 4.27. The van der Waals surface area contributed by atoms with Gasteiger partial charge in [-0.1, -0.05) is 68.2 Å². The zero-order valence-corrected chi connectivity index (χ0v) is 20.3. The molecule has 2 heteroatoms. The molecule has 0 bridgehead atoms. The quantitative estimate of drug-likeness (QED) is 0.129. The van der Waals surface area contributed by atoms with Gasteiger partial charge in [-0.2, -0.15) is 0 Å². The van der Waals surface area contributed by atoms with Crippen molar-refractivity contribution in [1.29, 1.82) is 0 Å². The maximum Gasteiger partial charge on any atom is 0.179 e. The number of unbranched alkanes of at least 4 members (excludes halogenated alkanes) is 2. The number of hydrogen-bond acceptors (Lipinski definition) is 2. The fourth-order valence-corrected chi connectivity index (χ4v) is 2.91. The van der Waals surface area contributed by atoms with Crippen LogP contribution in [0, 0.1) is 0 Å². The highest BCUT2D eigenvalue weighted by Gasteiger charge is 2.13. The van der Waals surface area contributed by atoms with Crippen LogP contribution in [0.3, 0.4) is 0 Å². The van der Waals surface area contributed by atoms with Crippen molar-refractivity contribution < 1.29 is 9.47 Å². The molecule has 0 saturated carbocycles. The summed E-state index contributed by atoms with van der Waals surface area (Å²) in [5, 5.41) is 0. The Hall–Kier alpha value is -1.12. The monoisotopic (exact) mass is 404 g/mol. The Morgan fingerprint density at radius 2 is 1.17 bits per heavy atom. The first-order valence-corrected chi connectivity index (χ1v) is 11.8. The van der Waals surface area contributed by atoms with Crippen molar-refractivity contribution in [1.82, 2.24) is 0 Å². The third-order valence-corrected chi connectivity index (χ3v) is 4.95. The topological polar surface area (TPSA) is 18.5 Å². The Kier molecular flexibility index (Phi) is 18.2. The molecular formula is C27H48O2. The van der Waals surface area contributed by atoms with Crippen molar-refractivity contribution in [3.8, 4) is 0 Å². The molecule has 0 heterocycles. The molecule has 0 aliphatic heterocycles. The SMILES string of the molecule is C=C(CC/C=C(\C)CC/C=C(\C)CCC=C(C)C)C(OCCCC)OCCCC. The summed E-state index contributed by atoms with van der Waals surface area (Å²) in [5.74, 6) is 0. The highest BCUT2D eigenvalue weighted by molar-refractivity contribution is 5.07. The van der Waals surface area contributed by atoms with Crippen LogP contribution in [-0.4, -0.2) is 19.5 Å². The lowest BCUT2D eigenvalue weighted by molar-refractivity contribution is -0.120. The molecule has 0 saturated heterocycles. The van der Waals surface area contributed by atoms with Crippen LogP contribution in [0.4, 0.5) is 0 Å². The van der Waals surface area contributed by atoms with E-state index in [1.807, 2.05) is 0 Å². The number of hydrogen-bond donors (Lipinski definition) is 0. The van der Waals surface area contributed by atoms with E-state index in [9.17, 15) is 0 Å². The predicted octanol–water partition coefficient (Wildman–Crippen LogP) is 8.70. The minimum Gasteiger partial charge on any atom is -0.349 e. The van der Waals surface area contributed by atoms with Gasteiger partial charge in [0.2, 0.25) is 0 Å². The molecule has 0 aliphatic carbocycles. The van der Waals surface area contributed by atoms with Crippen molar-refractivity contribution in [2.75, 3.05) is 13.2 Å². The molecule has 0 unspecified atom stereocenters. The van der Waals surface area contributed by atoms with Crippen molar-refractivity contribution >= 4 is 0 Å². The molecule has 2 nitrogen and oxygen atoms in total. The first-order valence-electron chi connectivity index (χ1n) is 11.8. The van der Waals surface area contributed by atoms with Gasteiger partial charge in [0.25, 0.3) is 0 Å². The van der Waals surface area contributed by atoms with Gasteiger partial charge in [-0.3, -0.25) is 0 Å². The molecule has 29 heavy (non-hydrogen) atoms. The summed E-state index contributed by atoms with van der Waals surface area (Å²) in [4.78, 5) is 0. The maximum atomic E-state index is 5.93. The lowest BCUT2D eigenvalue weighted by Crippen LogP contribution is -2.21. The van der Waals surface area contributed by atoms with Crippen LogP contribution in [0.25, 0.3) is 0 Å². The summed E-state index contributed by atoms with van der Waals surface area (Å²) in [6.45, 7) is 18.9. The smallest absolute Gasteiger partial charge is 0.179 e. The van der Waals surface area contributed by atoms with E-state index in [1.54, 1.807) is 0 Å². The summed E-state index contributed by atoms with van der Waals surface area (Å²) in [5.41, 5.74) is 5.43. The molecule has 0 radical (unpaired) electrons. The maximum absolute atomic E-state index is 5.93. The fourth-order valence-electron chi connectivity index (χ4n) is 2.91. The first-order chi connectivity index (χ1) is 13.9. The number of rotatable bonds is 18. The molecule has 0 N–H and O–H groups in total. The largest absolute Gasteiger partial charge is 0.349 e. The number of allylic oxidation sites excluding steroid dienone is 6. The highest BCUT2D eigenvalue weighted by atomic mass is 16.7. The second kappa shape index (κ2) is 18.9. The van der Waals surface area contributed by atoms with E-state index in [4.69, 9.17) is 9.47 Å². The Labute approximate surface area is 182 Å². The Morgan fingerprint density at radius 3 is 1.62 bits per heavy atom. The zero-order valence-electron chi connectivity index (χ0n) is 20.3. The second-order valence-electron chi connectivity index (χ2n) is 8.44. The van der Waals surface area contributed by atoms with Crippen molar-refractivity contribution in [2.45, 2.75) is 112 Å². The van der Waals surface area contributed by atoms with Crippen LogP contribution in [0.1, 0.15) is 106 Å². The van der Waals surface area contributed by atoms with Gasteiger partial charge in [0.15, 0.2) is 6.29 Å². The molecule has 0 aliphatic rings. The van der Waals surface area contributed by atoms with Crippen LogP contribution in [-0.2, 0) is 9.47 Å². The molecule has 0 spiro atoms. The lowest BCUT2D eigenvalue weighted by Gasteiger charge is -2.20. The molecule has 0 atom stereocenters. The Bertz CT molecular complexity index is 497. The van der Waals surface area contributed by atoms with Crippen molar-refractivity contribution in [2.24, 2.45) is 0 Å². The minimum absolute atomic E-state index is 0.242. The van der Waals surface area contributed by atoms with E-state index < -0.39 is 0 Å². The van der Waals surface area contributed by atoms with Crippen LogP contribution in [0.15, 0.2) is 47.1 Å². The van der Waals surface area contributed by atoms with E-state index in [0.717, 1.165) is 76.6 Å². The standard InChI is InChI=1S/C27H48O2/c1-8-10-21-28-27(29-22-11-9-2)26(7)20-14-19-25(6)18-13-17-24(5)16-12-15-23(3)4/h15,17,19,27H,7-14,16,18,20-22H2,1-6H3/b24-17+,25-19+. The van der Waals surface area contributed by atoms with Gasteiger partial charge in [-0.05, 0) is 84.6 Å². The summed E-state index contributed by atoms with van der Waals surface area (Å²) in [6, 6.07) is 0. The summed E-state index contributed by atoms with van der Waals surface area (Å²) in [6.07, 6.45) is 17.8. The molecule has 0 aromatic heterocycles. The lowest BCUT2D eigenvalue weighted by atomic mass is 10.0. The summed E-state index contributed by atoms with van der Waals surface area (Å²) < 4.78 is 11.9. The molecule has 0 aromatic rings. The minimum atomic E-state index is -0.242. The molecular weight excluding hydrogens is 356 g/mol.